The van der Waals surface area contributed by atoms with E-state index in [2.05, 4.69) is 31.0 Å². The molecule has 0 amide bonds. The lowest BCUT2D eigenvalue weighted by Crippen LogP contribution is -2.49. The molecular formula is C17H26F2N2. The summed E-state index contributed by atoms with van der Waals surface area (Å²) in [5.41, 5.74) is 1.28. The van der Waals surface area contributed by atoms with E-state index in [-0.39, 0.29) is 11.1 Å². The molecule has 0 saturated carbocycles. The number of rotatable bonds is 4. The third kappa shape index (κ3) is 4.75. The molecule has 1 saturated heterocycles. The van der Waals surface area contributed by atoms with Crippen LogP contribution in [-0.4, -0.2) is 29.6 Å². The van der Waals surface area contributed by atoms with Gasteiger partial charge in [0.05, 0.1) is 0 Å². The first kappa shape index (κ1) is 16.4. The van der Waals surface area contributed by atoms with Crippen LogP contribution in [0.15, 0.2) is 24.3 Å². The Bertz CT molecular complexity index is 446. The Balaban J connectivity index is 1.81. The van der Waals surface area contributed by atoms with E-state index in [9.17, 15) is 8.78 Å². The number of nitrogens with zero attached hydrogens (tertiary/aromatic N) is 1. The van der Waals surface area contributed by atoms with Gasteiger partial charge in [0.15, 0.2) is 0 Å². The molecule has 118 valence electrons. The third-order valence-corrected chi connectivity index (χ3v) is 4.24. The zero-order valence-electron chi connectivity index (χ0n) is 13.2. The van der Waals surface area contributed by atoms with Crippen LogP contribution in [-0.2, 0) is 6.54 Å². The van der Waals surface area contributed by atoms with Crippen LogP contribution < -0.4 is 5.32 Å². The zero-order valence-corrected chi connectivity index (χ0v) is 13.2. The summed E-state index contributed by atoms with van der Waals surface area (Å²) < 4.78 is 25.3. The van der Waals surface area contributed by atoms with Gasteiger partial charge >= 0.3 is 0 Å². The van der Waals surface area contributed by atoms with Gasteiger partial charge in [-0.05, 0) is 45.2 Å². The summed E-state index contributed by atoms with van der Waals surface area (Å²) in [6.07, 6.45) is -0.155. The number of hydrogen-bond acceptors (Lipinski definition) is 2. The Morgan fingerprint density at radius 2 is 1.90 bits per heavy atom. The molecule has 1 fully saturated rings. The van der Waals surface area contributed by atoms with Gasteiger partial charge < -0.3 is 5.32 Å². The predicted octanol–water partition coefficient (Wildman–Crippen LogP) is 3.98. The van der Waals surface area contributed by atoms with Gasteiger partial charge in [-0.2, -0.15) is 0 Å². The van der Waals surface area contributed by atoms with E-state index >= 15 is 0 Å². The molecule has 0 aliphatic carbocycles. The SMILES string of the molecule is CC(C)(C)N1CCC(NCc2cccc(C(F)F)c2)CC1. The number of benzene rings is 1. The molecule has 1 aromatic carbocycles. The van der Waals surface area contributed by atoms with Gasteiger partial charge in [0.2, 0.25) is 0 Å². The molecule has 2 rings (SSSR count). The second kappa shape index (κ2) is 6.84. The first-order valence-corrected chi connectivity index (χ1v) is 7.71. The fourth-order valence-electron chi connectivity index (χ4n) is 2.86. The van der Waals surface area contributed by atoms with Gasteiger partial charge in [-0.15, -0.1) is 0 Å². The van der Waals surface area contributed by atoms with Gasteiger partial charge in [0, 0.05) is 36.8 Å². The van der Waals surface area contributed by atoms with E-state index in [1.165, 1.54) is 6.07 Å². The molecule has 1 N–H and O–H groups in total. The average molecular weight is 296 g/mol. The lowest BCUT2D eigenvalue weighted by atomic mass is 9.98. The van der Waals surface area contributed by atoms with Crippen LogP contribution in [0.1, 0.15) is 51.2 Å². The minimum absolute atomic E-state index is 0.108. The van der Waals surface area contributed by atoms with E-state index in [4.69, 9.17) is 0 Å². The second-order valence-corrected chi connectivity index (χ2v) is 6.86. The molecule has 2 nitrogen and oxygen atoms in total. The van der Waals surface area contributed by atoms with Crippen molar-refractivity contribution in [3.05, 3.63) is 35.4 Å². The lowest BCUT2D eigenvalue weighted by molar-refractivity contribution is 0.0960. The number of likely N-dealkylation sites (tertiary alicyclic amines) is 1. The number of halogens is 2. The van der Waals surface area contributed by atoms with Crippen LogP contribution >= 0.6 is 0 Å². The topological polar surface area (TPSA) is 15.3 Å². The molecule has 21 heavy (non-hydrogen) atoms. The molecule has 1 aliphatic heterocycles. The van der Waals surface area contributed by atoms with Gasteiger partial charge in [0.1, 0.15) is 0 Å². The van der Waals surface area contributed by atoms with Crippen LogP contribution in [0, 0.1) is 0 Å². The highest BCUT2D eigenvalue weighted by molar-refractivity contribution is 5.24. The molecule has 1 heterocycles. The van der Waals surface area contributed by atoms with Crippen LogP contribution in [0.3, 0.4) is 0 Å². The van der Waals surface area contributed by atoms with Crippen molar-refractivity contribution in [2.75, 3.05) is 13.1 Å². The normalized spacial score (nSPS) is 18.4. The fraction of sp³-hybridized carbons (Fsp3) is 0.647. The van der Waals surface area contributed by atoms with Crippen LogP contribution in [0.5, 0.6) is 0 Å². The minimum atomic E-state index is -2.39. The van der Waals surface area contributed by atoms with Gasteiger partial charge in [-0.1, -0.05) is 18.2 Å². The first-order chi connectivity index (χ1) is 9.86. The summed E-state index contributed by atoms with van der Waals surface area (Å²) in [5, 5.41) is 3.50. The van der Waals surface area contributed by atoms with E-state index in [0.29, 0.717) is 12.6 Å². The molecular weight excluding hydrogens is 270 g/mol. The van der Waals surface area contributed by atoms with E-state index in [1.54, 1.807) is 12.1 Å². The van der Waals surface area contributed by atoms with Crippen LogP contribution in [0.4, 0.5) is 8.78 Å². The Labute approximate surface area is 126 Å². The van der Waals surface area contributed by atoms with Crippen molar-refractivity contribution in [1.29, 1.82) is 0 Å². The summed E-state index contributed by atoms with van der Waals surface area (Å²) in [6.45, 7) is 9.60. The highest BCUT2D eigenvalue weighted by Crippen LogP contribution is 2.21. The molecule has 0 aromatic heterocycles. The van der Waals surface area contributed by atoms with Crippen molar-refractivity contribution in [3.8, 4) is 0 Å². The van der Waals surface area contributed by atoms with E-state index < -0.39 is 6.43 Å². The molecule has 0 radical (unpaired) electrons. The quantitative estimate of drug-likeness (QED) is 0.904. The lowest BCUT2D eigenvalue weighted by Gasteiger charge is -2.41. The maximum atomic E-state index is 12.7. The van der Waals surface area contributed by atoms with Crippen molar-refractivity contribution in [3.63, 3.8) is 0 Å². The first-order valence-electron chi connectivity index (χ1n) is 7.71. The van der Waals surface area contributed by atoms with E-state index in [0.717, 1.165) is 31.5 Å². The van der Waals surface area contributed by atoms with Crippen molar-refractivity contribution in [2.24, 2.45) is 0 Å². The molecule has 1 aliphatic rings. The molecule has 0 bridgehead atoms. The summed E-state index contributed by atoms with van der Waals surface area (Å²) in [4.78, 5) is 2.50. The summed E-state index contributed by atoms with van der Waals surface area (Å²) in [6, 6.07) is 7.18. The summed E-state index contributed by atoms with van der Waals surface area (Å²) in [7, 11) is 0. The Morgan fingerprint density at radius 3 is 2.48 bits per heavy atom. The minimum Gasteiger partial charge on any atom is -0.310 e. The van der Waals surface area contributed by atoms with Crippen molar-refractivity contribution in [1.82, 2.24) is 10.2 Å². The van der Waals surface area contributed by atoms with Gasteiger partial charge in [-0.25, -0.2) is 8.78 Å². The van der Waals surface area contributed by atoms with E-state index in [1.807, 2.05) is 6.07 Å². The largest absolute Gasteiger partial charge is 0.310 e. The zero-order chi connectivity index (χ0) is 15.5. The van der Waals surface area contributed by atoms with Crippen LogP contribution in [0.25, 0.3) is 0 Å². The number of hydrogen-bond donors (Lipinski definition) is 1. The summed E-state index contributed by atoms with van der Waals surface area (Å²) in [5.74, 6) is 0. The standard InChI is InChI=1S/C17H26F2N2/c1-17(2,3)21-9-7-15(8-10-21)20-12-13-5-4-6-14(11-13)16(18)19/h4-6,11,15-16,20H,7-10,12H2,1-3H3. The molecule has 0 atom stereocenters. The smallest absolute Gasteiger partial charge is 0.263 e. The third-order valence-electron chi connectivity index (χ3n) is 4.24. The highest BCUT2D eigenvalue weighted by atomic mass is 19.3. The predicted molar refractivity (Wildman–Crippen MR) is 82.6 cm³/mol. The molecule has 1 aromatic rings. The van der Waals surface area contributed by atoms with Crippen molar-refractivity contribution < 1.29 is 8.78 Å². The second-order valence-electron chi connectivity index (χ2n) is 6.86. The number of alkyl halides is 2. The van der Waals surface area contributed by atoms with Crippen molar-refractivity contribution in [2.45, 2.75) is 58.2 Å². The van der Waals surface area contributed by atoms with Crippen molar-refractivity contribution >= 4 is 0 Å². The molecule has 0 unspecified atom stereocenters. The van der Waals surface area contributed by atoms with Gasteiger partial charge in [-0.3, -0.25) is 4.90 Å². The number of nitrogens with one attached hydrogen (secondary N) is 1. The summed E-state index contributed by atoms with van der Waals surface area (Å²) >= 11 is 0. The Hall–Kier alpha value is -1.00. The molecule has 4 heteroatoms. The number of piperidine rings is 1. The maximum absolute atomic E-state index is 12.7. The molecule has 0 spiro atoms. The highest BCUT2D eigenvalue weighted by Gasteiger charge is 2.26. The maximum Gasteiger partial charge on any atom is 0.263 e. The average Bonchev–Trinajstić information content (AvgIpc) is 2.45. The monoisotopic (exact) mass is 296 g/mol. The van der Waals surface area contributed by atoms with Crippen LogP contribution in [0.2, 0.25) is 0 Å². The Morgan fingerprint density at radius 1 is 1.24 bits per heavy atom. The Kier molecular flexibility index (Phi) is 5.33. The van der Waals surface area contributed by atoms with Gasteiger partial charge in [0.25, 0.3) is 6.43 Å². The fourth-order valence-corrected chi connectivity index (χ4v) is 2.86.